The van der Waals surface area contributed by atoms with Gasteiger partial charge in [0.2, 0.25) is 10.0 Å². The quantitative estimate of drug-likeness (QED) is 0.730. The predicted octanol–water partition coefficient (Wildman–Crippen LogP) is 2.83. The molecule has 20 heavy (non-hydrogen) atoms. The molecule has 0 aromatic carbocycles. The summed E-state index contributed by atoms with van der Waals surface area (Å²) in [6.45, 7) is 1.88. The number of halogens is 2. The third kappa shape index (κ3) is 3.57. The fraction of sp³-hybridized carbons (Fsp3) is 0.667. The van der Waals surface area contributed by atoms with Crippen LogP contribution in [0.1, 0.15) is 18.6 Å². The summed E-state index contributed by atoms with van der Waals surface area (Å²) in [4.78, 5) is 0.128. The number of ether oxygens (including phenoxy) is 1. The number of rotatable bonds is 5. The van der Waals surface area contributed by atoms with Gasteiger partial charge >= 0.3 is 0 Å². The molecule has 0 radical (unpaired) electrons. The van der Waals surface area contributed by atoms with E-state index in [9.17, 15) is 8.42 Å². The van der Waals surface area contributed by atoms with Crippen molar-refractivity contribution in [1.29, 1.82) is 0 Å². The summed E-state index contributed by atoms with van der Waals surface area (Å²) in [5.74, 6) is 0.899. The molecule has 1 aromatic rings. The Balaban J connectivity index is 2.13. The van der Waals surface area contributed by atoms with E-state index in [0.29, 0.717) is 31.4 Å². The molecule has 1 saturated heterocycles. The van der Waals surface area contributed by atoms with Gasteiger partial charge in [-0.2, -0.15) is 0 Å². The molecule has 0 atom stereocenters. The first kappa shape index (κ1) is 16.3. The minimum absolute atomic E-state index is 0.128. The monoisotopic (exact) mass is 385 g/mol. The second-order valence-electron chi connectivity index (χ2n) is 4.83. The van der Waals surface area contributed by atoms with Crippen molar-refractivity contribution < 1.29 is 17.6 Å². The third-order valence-electron chi connectivity index (χ3n) is 3.38. The molecule has 2 rings (SSSR count). The smallest absolute Gasteiger partial charge is 0.247 e. The van der Waals surface area contributed by atoms with Crippen LogP contribution in [0.25, 0.3) is 0 Å². The average molecular weight is 387 g/mol. The second-order valence-corrected chi connectivity index (χ2v) is 7.83. The van der Waals surface area contributed by atoms with Crippen molar-refractivity contribution in [3.63, 3.8) is 0 Å². The van der Waals surface area contributed by atoms with Gasteiger partial charge in [-0.3, -0.25) is 0 Å². The summed E-state index contributed by atoms with van der Waals surface area (Å²) in [5.41, 5.74) is 0. The molecular formula is C12H17BrClNO4S. The maximum Gasteiger partial charge on any atom is 0.247 e. The normalized spacial score (nSPS) is 17.8. The van der Waals surface area contributed by atoms with Gasteiger partial charge in [-0.15, -0.1) is 11.6 Å². The van der Waals surface area contributed by atoms with Crippen LogP contribution in [0.15, 0.2) is 20.0 Å². The first-order valence-electron chi connectivity index (χ1n) is 6.33. The van der Waals surface area contributed by atoms with Crippen LogP contribution in [0.3, 0.4) is 0 Å². The molecular weight excluding hydrogens is 370 g/mol. The predicted molar refractivity (Wildman–Crippen MR) is 79.3 cm³/mol. The SMILES string of the molecule is CN(CC1CCOCC1)S(=O)(=O)c1cc(CCl)oc1Br. The zero-order valence-corrected chi connectivity index (χ0v) is 14.3. The minimum atomic E-state index is -3.57. The van der Waals surface area contributed by atoms with Crippen LogP contribution < -0.4 is 0 Å². The van der Waals surface area contributed by atoms with Gasteiger partial charge in [0.05, 0.1) is 5.88 Å². The molecule has 0 bridgehead atoms. The highest BCUT2D eigenvalue weighted by atomic mass is 79.9. The van der Waals surface area contributed by atoms with Gasteiger partial charge < -0.3 is 9.15 Å². The molecule has 0 N–H and O–H groups in total. The molecule has 0 saturated carbocycles. The molecule has 5 nitrogen and oxygen atoms in total. The van der Waals surface area contributed by atoms with Crippen LogP contribution >= 0.6 is 27.5 Å². The van der Waals surface area contributed by atoms with Crippen LogP contribution in [-0.2, 0) is 20.6 Å². The van der Waals surface area contributed by atoms with Crippen LogP contribution in [0, 0.1) is 5.92 Å². The molecule has 2 heterocycles. The van der Waals surface area contributed by atoms with E-state index in [1.807, 2.05) is 0 Å². The zero-order valence-electron chi connectivity index (χ0n) is 11.1. The number of hydrogen-bond donors (Lipinski definition) is 0. The lowest BCUT2D eigenvalue weighted by Crippen LogP contribution is -2.34. The van der Waals surface area contributed by atoms with E-state index in [1.165, 1.54) is 10.4 Å². The average Bonchev–Trinajstić information content (AvgIpc) is 2.82. The number of hydrogen-bond acceptors (Lipinski definition) is 4. The van der Waals surface area contributed by atoms with E-state index in [4.69, 9.17) is 20.8 Å². The van der Waals surface area contributed by atoms with E-state index in [1.54, 1.807) is 7.05 Å². The van der Waals surface area contributed by atoms with Crippen LogP contribution in [-0.4, -0.2) is 39.5 Å². The number of sulfonamides is 1. The first-order chi connectivity index (χ1) is 9.45. The Hall–Kier alpha value is -0.0800. The summed E-state index contributed by atoms with van der Waals surface area (Å²) in [7, 11) is -1.98. The lowest BCUT2D eigenvalue weighted by atomic mass is 10.0. The van der Waals surface area contributed by atoms with Crippen molar-refractivity contribution in [3.05, 3.63) is 16.5 Å². The van der Waals surface area contributed by atoms with Crippen molar-refractivity contribution in [2.45, 2.75) is 23.6 Å². The van der Waals surface area contributed by atoms with Crippen LogP contribution in [0.2, 0.25) is 0 Å². The Bertz CT molecular complexity index is 554. The van der Waals surface area contributed by atoms with Gasteiger partial charge in [-0.25, -0.2) is 12.7 Å². The lowest BCUT2D eigenvalue weighted by Gasteiger charge is -2.26. The molecule has 0 aliphatic carbocycles. The Kier molecular flexibility index (Phi) is 5.53. The summed E-state index contributed by atoms with van der Waals surface area (Å²) in [6, 6.07) is 1.47. The van der Waals surface area contributed by atoms with E-state index in [0.717, 1.165) is 12.8 Å². The number of nitrogens with zero attached hydrogens (tertiary/aromatic N) is 1. The van der Waals surface area contributed by atoms with Crippen LogP contribution in [0.4, 0.5) is 0 Å². The van der Waals surface area contributed by atoms with Crippen molar-refractivity contribution in [2.75, 3.05) is 26.8 Å². The van der Waals surface area contributed by atoms with Gasteiger partial charge in [0.15, 0.2) is 4.67 Å². The highest BCUT2D eigenvalue weighted by Crippen LogP contribution is 2.30. The summed E-state index contributed by atoms with van der Waals surface area (Å²) >= 11 is 8.80. The summed E-state index contributed by atoms with van der Waals surface area (Å²) in [5, 5.41) is 0. The van der Waals surface area contributed by atoms with E-state index < -0.39 is 10.0 Å². The fourth-order valence-corrected chi connectivity index (χ4v) is 4.53. The van der Waals surface area contributed by atoms with Crippen molar-refractivity contribution in [3.8, 4) is 0 Å². The Labute approximate surface area is 132 Å². The highest BCUT2D eigenvalue weighted by Gasteiger charge is 2.29. The van der Waals surface area contributed by atoms with Crippen molar-refractivity contribution in [1.82, 2.24) is 4.31 Å². The molecule has 0 spiro atoms. The Morgan fingerprint density at radius 3 is 2.65 bits per heavy atom. The van der Waals surface area contributed by atoms with Gasteiger partial charge in [0, 0.05) is 32.9 Å². The maximum atomic E-state index is 12.5. The molecule has 0 unspecified atom stereocenters. The standard InChI is InChI=1S/C12H17BrClNO4S/c1-15(8-9-2-4-18-5-3-9)20(16,17)11-6-10(7-14)19-12(11)13/h6,9H,2-5,7-8H2,1H3. The highest BCUT2D eigenvalue weighted by molar-refractivity contribution is 9.10. The van der Waals surface area contributed by atoms with Gasteiger partial charge in [-0.05, 0) is 34.7 Å². The zero-order chi connectivity index (χ0) is 14.8. The van der Waals surface area contributed by atoms with E-state index >= 15 is 0 Å². The third-order valence-corrected chi connectivity index (χ3v) is 6.33. The Morgan fingerprint density at radius 1 is 1.45 bits per heavy atom. The summed E-state index contributed by atoms with van der Waals surface area (Å²) in [6.07, 6.45) is 1.78. The lowest BCUT2D eigenvalue weighted by molar-refractivity contribution is 0.0620. The molecule has 1 fully saturated rings. The number of alkyl halides is 1. The van der Waals surface area contributed by atoms with Crippen molar-refractivity contribution >= 4 is 37.6 Å². The molecule has 114 valence electrons. The number of furan rings is 1. The van der Waals surface area contributed by atoms with E-state index in [2.05, 4.69) is 15.9 Å². The van der Waals surface area contributed by atoms with Gasteiger partial charge in [-0.1, -0.05) is 0 Å². The van der Waals surface area contributed by atoms with Gasteiger partial charge in [0.25, 0.3) is 0 Å². The second kappa shape index (κ2) is 6.79. The van der Waals surface area contributed by atoms with Crippen molar-refractivity contribution in [2.24, 2.45) is 5.92 Å². The largest absolute Gasteiger partial charge is 0.452 e. The summed E-state index contributed by atoms with van der Waals surface area (Å²) < 4.78 is 37.1. The minimum Gasteiger partial charge on any atom is -0.452 e. The molecule has 1 aromatic heterocycles. The molecule has 1 aliphatic rings. The van der Waals surface area contributed by atoms with Gasteiger partial charge in [0.1, 0.15) is 10.7 Å². The fourth-order valence-electron chi connectivity index (χ4n) is 2.20. The molecule has 0 amide bonds. The molecule has 1 aliphatic heterocycles. The molecule has 8 heteroatoms. The van der Waals surface area contributed by atoms with Crippen LogP contribution in [0.5, 0.6) is 0 Å². The Morgan fingerprint density at radius 2 is 2.10 bits per heavy atom. The first-order valence-corrected chi connectivity index (χ1v) is 9.10. The maximum absolute atomic E-state index is 12.5. The van der Waals surface area contributed by atoms with E-state index in [-0.39, 0.29) is 15.4 Å². The topological polar surface area (TPSA) is 59.8 Å².